The lowest BCUT2D eigenvalue weighted by molar-refractivity contribution is 0.0698. The number of thiophene rings is 1. The van der Waals surface area contributed by atoms with E-state index in [0.717, 1.165) is 25.2 Å². The van der Waals surface area contributed by atoms with Crippen LogP contribution >= 0.6 is 11.3 Å². The first-order chi connectivity index (χ1) is 14.4. The first kappa shape index (κ1) is 26.5. The van der Waals surface area contributed by atoms with E-state index in [1.54, 1.807) is 5.38 Å². The molecule has 2 N–H and O–H groups in total. The number of ether oxygens (including phenoxy) is 1. The van der Waals surface area contributed by atoms with E-state index < -0.39 is 12.1 Å². The molecule has 1 rings (SSSR count). The summed E-state index contributed by atoms with van der Waals surface area (Å²) in [6.45, 7) is 6.49. The number of carboxylic acids is 1. The molecule has 6 heteroatoms. The molecule has 0 spiro atoms. The Morgan fingerprint density at radius 1 is 0.967 bits per heavy atom. The van der Waals surface area contributed by atoms with Gasteiger partial charge in [-0.15, -0.1) is 11.3 Å². The van der Waals surface area contributed by atoms with E-state index >= 15 is 0 Å². The maximum atomic E-state index is 12.0. The summed E-state index contributed by atoms with van der Waals surface area (Å²) in [5.41, 5.74) is 0.0927. The molecule has 1 amide bonds. The van der Waals surface area contributed by atoms with Gasteiger partial charge in [-0.1, -0.05) is 84.5 Å². The molecule has 30 heavy (non-hydrogen) atoms. The lowest BCUT2D eigenvalue weighted by atomic mass is 9.96. The lowest BCUT2D eigenvalue weighted by Gasteiger charge is -2.15. The molecule has 5 nitrogen and oxygen atoms in total. The number of hydrogen-bond donors (Lipinski definition) is 2. The topological polar surface area (TPSA) is 75.6 Å². The van der Waals surface area contributed by atoms with Gasteiger partial charge in [0.2, 0.25) is 0 Å². The summed E-state index contributed by atoms with van der Waals surface area (Å²) in [5, 5.41) is 13.6. The van der Waals surface area contributed by atoms with Crippen molar-refractivity contribution in [2.45, 2.75) is 110 Å². The molecule has 1 aromatic rings. The number of carboxylic acid groups (broad SMARTS) is 1. The monoisotopic (exact) mass is 439 g/mol. The van der Waals surface area contributed by atoms with Crippen LogP contribution in [0.4, 0.5) is 9.80 Å². The van der Waals surface area contributed by atoms with Crippen molar-refractivity contribution in [2.24, 2.45) is 5.92 Å². The average molecular weight is 440 g/mol. The van der Waals surface area contributed by atoms with Crippen LogP contribution in [0, 0.1) is 5.92 Å². The van der Waals surface area contributed by atoms with Gasteiger partial charge in [-0.05, 0) is 37.1 Å². The Morgan fingerprint density at radius 2 is 1.53 bits per heavy atom. The van der Waals surface area contributed by atoms with Crippen LogP contribution in [0.3, 0.4) is 0 Å². The van der Waals surface area contributed by atoms with Gasteiger partial charge in [0.1, 0.15) is 11.1 Å². The van der Waals surface area contributed by atoms with Crippen molar-refractivity contribution in [3.05, 3.63) is 17.0 Å². The number of amides is 1. The van der Waals surface area contributed by atoms with Crippen LogP contribution in [0.1, 0.15) is 115 Å². The van der Waals surface area contributed by atoms with E-state index in [-0.39, 0.29) is 11.7 Å². The predicted molar refractivity (Wildman–Crippen MR) is 126 cm³/mol. The number of carbonyl (C=O) groups excluding carboxylic acids is 1. The molecule has 0 saturated carbocycles. The Morgan fingerprint density at radius 3 is 2.17 bits per heavy atom. The maximum absolute atomic E-state index is 12.0. The second kappa shape index (κ2) is 16.2. The molecular formula is C24H41NO4S. The molecule has 2 atom stereocenters. The largest absolute Gasteiger partial charge is 0.478 e. The van der Waals surface area contributed by atoms with Crippen LogP contribution in [0.2, 0.25) is 0 Å². The van der Waals surface area contributed by atoms with Crippen LogP contribution in [0.5, 0.6) is 0 Å². The quantitative estimate of drug-likeness (QED) is 0.240. The predicted octanol–water partition coefficient (Wildman–Crippen LogP) is 8.11. The number of rotatable bonds is 17. The highest BCUT2D eigenvalue weighted by Crippen LogP contribution is 2.24. The number of aromatic carboxylic acids is 1. The van der Waals surface area contributed by atoms with Crippen molar-refractivity contribution < 1.29 is 19.4 Å². The molecule has 0 aliphatic carbocycles. The first-order valence-corrected chi connectivity index (χ1v) is 12.6. The first-order valence-electron chi connectivity index (χ1n) is 11.7. The average Bonchev–Trinajstić information content (AvgIpc) is 3.15. The number of carbonyl (C=O) groups is 2. The molecule has 2 unspecified atom stereocenters. The van der Waals surface area contributed by atoms with Gasteiger partial charge in [0.15, 0.2) is 0 Å². The minimum absolute atomic E-state index is 0.0927. The molecule has 0 aromatic carbocycles. The van der Waals surface area contributed by atoms with Gasteiger partial charge in [0, 0.05) is 0 Å². The maximum Gasteiger partial charge on any atom is 0.412 e. The molecule has 0 radical (unpaired) electrons. The SMILES string of the molecule is CCCCCCCCCCC(C)CCCCC(C)OC(=O)Nc1sccc1C(=O)O. The molecule has 0 aliphatic heterocycles. The second-order valence-corrected chi connectivity index (χ2v) is 9.38. The zero-order valence-electron chi connectivity index (χ0n) is 19.1. The van der Waals surface area contributed by atoms with E-state index in [1.807, 2.05) is 6.92 Å². The van der Waals surface area contributed by atoms with Crippen LogP contribution in [0.25, 0.3) is 0 Å². The number of nitrogens with one attached hydrogen (secondary N) is 1. The van der Waals surface area contributed by atoms with Gasteiger partial charge >= 0.3 is 12.1 Å². The normalized spacial score (nSPS) is 13.0. The van der Waals surface area contributed by atoms with Crippen LogP contribution in [-0.2, 0) is 4.74 Å². The van der Waals surface area contributed by atoms with E-state index in [4.69, 9.17) is 9.84 Å². The third kappa shape index (κ3) is 12.2. The van der Waals surface area contributed by atoms with E-state index in [1.165, 1.54) is 81.6 Å². The van der Waals surface area contributed by atoms with Gasteiger partial charge in [-0.25, -0.2) is 9.59 Å². The molecule has 0 aliphatic rings. The fourth-order valence-corrected chi connectivity index (χ4v) is 4.40. The summed E-state index contributed by atoms with van der Waals surface area (Å²) in [4.78, 5) is 23.0. The zero-order valence-corrected chi connectivity index (χ0v) is 19.9. The third-order valence-electron chi connectivity index (χ3n) is 5.53. The van der Waals surface area contributed by atoms with Crippen molar-refractivity contribution in [1.82, 2.24) is 0 Å². The summed E-state index contributed by atoms with van der Waals surface area (Å²) in [6.07, 6.45) is 15.8. The highest BCUT2D eigenvalue weighted by molar-refractivity contribution is 7.14. The summed E-state index contributed by atoms with van der Waals surface area (Å²) in [7, 11) is 0. The van der Waals surface area contributed by atoms with Crippen molar-refractivity contribution in [2.75, 3.05) is 5.32 Å². The molecule has 0 fully saturated rings. The summed E-state index contributed by atoms with van der Waals surface area (Å²) < 4.78 is 5.36. The Labute approximate surface area is 186 Å². The highest BCUT2D eigenvalue weighted by Gasteiger charge is 2.16. The number of unbranched alkanes of at least 4 members (excludes halogenated alkanes) is 8. The van der Waals surface area contributed by atoms with Crippen molar-refractivity contribution >= 4 is 28.4 Å². The van der Waals surface area contributed by atoms with Gasteiger partial charge < -0.3 is 9.84 Å². The summed E-state index contributed by atoms with van der Waals surface area (Å²) in [5.74, 6) is -0.293. The van der Waals surface area contributed by atoms with Gasteiger partial charge in [-0.3, -0.25) is 5.32 Å². The van der Waals surface area contributed by atoms with Crippen LogP contribution in [-0.4, -0.2) is 23.3 Å². The second-order valence-electron chi connectivity index (χ2n) is 8.46. The minimum atomic E-state index is -1.05. The fourth-order valence-electron chi connectivity index (χ4n) is 3.63. The Bertz CT molecular complexity index is 602. The Kier molecular flexibility index (Phi) is 14.3. The molecular weight excluding hydrogens is 398 g/mol. The number of anilines is 1. The Hall–Kier alpha value is -1.56. The van der Waals surface area contributed by atoms with Crippen LogP contribution < -0.4 is 5.32 Å². The van der Waals surface area contributed by atoms with Crippen molar-refractivity contribution in [1.29, 1.82) is 0 Å². The number of hydrogen-bond acceptors (Lipinski definition) is 4. The standard InChI is InChI=1S/C24H41NO4S/c1-4-5-6-7-8-9-10-11-14-19(2)15-12-13-16-20(3)29-24(28)25-22-21(23(26)27)17-18-30-22/h17-20H,4-16H2,1-3H3,(H,25,28)(H,26,27). The van der Waals surface area contributed by atoms with Gasteiger partial charge in [0.05, 0.1) is 5.56 Å². The molecule has 0 saturated heterocycles. The van der Waals surface area contributed by atoms with Crippen molar-refractivity contribution in [3.63, 3.8) is 0 Å². The van der Waals surface area contributed by atoms with Crippen molar-refractivity contribution in [3.8, 4) is 0 Å². The Balaban J connectivity index is 2.04. The van der Waals surface area contributed by atoms with E-state index in [9.17, 15) is 9.59 Å². The smallest absolute Gasteiger partial charge is 0.412 e. The van der Waals surface area contributed by atoms with E-state index in [0.29, 0.717) is 5.00 Å². The van der Waals surface area contributed by atoms with Gasteiger partial charge in [-0.2, -0.15) is 0 Å². The van der Waals surface area contributed by atoms with E-state index in [2.05, 4.69) is 19.2 Å². The third-order valence-corrected chi connectivity index (χ3v) is 6.36. The molecule has 172 valence electrons. The summed E-state index contributed by atoms with van der Waals surface area (Å²) in [6, 6.07) is 1.47. The molecule has 0 bridgehead atoms. The fraction of sp³-hybridized carbons (Fsp3) is 0.750. The minimum Gasteiger partial charge on any atom is -0.478 e. The summed E-state index contributed by atoms with van der Waals surface area (Å²) >= 11 is 1.18. The van der Waals surface area contributed by atoms with Crippen LogP contribution in [0.15, 0.2) is 11.4 Å². The highest BCUT2D eigenvalue weighted by atomic mass is 32.1. The zero-order chi connectivity index (χ0) is 22.2. The molecule has 1 heterocycles. The lowest BCUT2D eigenvalue weighted by Crippen LogP contribution is -2.20. The van der Waals surface area contributed by atoms with Gasteiger partial charge in [0.25, 0.3) is 0 Å². The molecule has 1 aromatic heterocycles.